The molecule has 288 valence electrons. The minimum atomic E-state index is 1.19. The van der Waals surface area contributed by atoms with Crippen molar-refractivity contribution < 1.29 is 0 Å². The van der Waals surface area contributed by atoms with Crippen LogP contribution < -0.4 is 29.4 Å². The largest absolute Gasteiger partial charge is 0.370 e. The molecule has 6 saturated heterocycles. The number of hydrogen-bond acceptors (Lipinski definition) is 6. The summed E-state index contributed by atoms with van der Waals surface area (Å²) in [5.41, 5.74) is 9.03. The Hall–Kier alpha value is -3.54. The van der Waals surface area contributed by atoms with Gasteiger partial charge in [-0.1, -0.05) is 0 Å². The summed E-state index contributed by atoms with van der Waals surface area (Å²) in [6.07, 6.45) is 24.0. The third-order valence-electron chi connectivity index (χ3n) is 14.4. The summed E-state index contributed by atoms with van der Waals surface area (Å²) in [6.45, 7) is 14.3. The number of rotatable bonds is 6. The Morgan fingerprint density at radius 3 is 0.444 bits per heavy atom. The second-order valence-corrected chi connectivity index (χ2v) is 17.9. The Morgan fingerprint density at radius 1 is 0.185 bits per heavy atom. The van der Waals surface area contributed by atoms with Crippen molar-refractivity contribution in [3.05, 3.63) is 36.4 Å². The van der Waals surface area contributed by atoms with Crippen molar-refractivity contribution in [3.63, 3.8) is 0 Å². The van der Waals surface area contributed by atoms with E-state index in [9.17, 15) is 0 Å². The van der Waals surface area contributed by atoms with E-state index in [1.165, 1.54) is 261 Å². The summed E-state index contributed by atoms with van der Waals surface area (Å²) in [7, 11) is 0. The van der Waals surface area contributed by atoms with E-state index in [1.807, 2.05) is 0 Å². The normalized spacial score (nSPS) is 22.2. The molecule has 4 aromatic carbocycles. The zero-order valence-corrected chi connectivity index (χ0v) is 33.4. The van der Waals surface area contributed by atoms with Crippen LogP contribution in [0.15, 0.2) is 36.4 Å². The van der Waals surface area contributed by atoms with Crippen LogP contribution in [0.5, 0.6) is 0 Å². The summed E-state index contributed by atoms with van der Waals surface area (Å²) in [4.78, 5) is 16.6. The van der Waals surface area contributed by atoms with E-state index >= 15 is 0 Å². The summed E-state index contributed by atoms with van der Waals surface area (Å²) >= 11 is 0. The predicted molar refractivity (Wildman–Crippen MR) is 235 cm³/mol. The van der Waals surface area contributed by atoms with Crippen LogP contribution in [0.25, 0.3) is 32.3 Å². The van der Waals surface area contributed by atoms with Crippen molar-refractivity contribution in [2.75, 3.05) is 108 Å². The first-order chi connectivity index (χ1) is 26.8. The standard InChI is InChI=1S/C48H66N6/c1-7-19-49(20-8-1)43-31-37-38(32-44(43)50-21-9-2-10-22-50)40-34-46(52-25-13-4-14-26-52)48(54-29-17-6-18-30-54)36-42(40)41-35-47(53-27-15-5-16-28-53)45(33-39(37)41)51-23-11-3-12-24-51/h31-36H,1-30H2. The highest BCUT2D eigenvalue weighted by molar-refractivity contribution is 6.29. The van der Waals surface area contributed by atoms with E-state index in [1.54, 1.807) is 0 Å². The molecule has 10 rings (SSSR count). The topological polar surface area (TPSA) is 19.4 Å². The van der Waals surface area contributed by atoms with Gasteiger partial charge in [0.05, 0.1) is 34.1 Å². The van der Waals surface area contributed by atoms with E-state index in [0.717, 1.165) is 0 Å². The molecule has 0 aliphatic carbocycles. The van der Waals surface area contributed by atoms with Gasteiger partial charge in [0, 0.05) is 78.5 Å². The smallest absolute Gasteiger partial charge is 0.0610 e. The fourth-order valence-corrected chi connectivity index (χ4v) is 11.4. The summed E-state index contributed by atoms with van der Waals surface area (Å²) < 4.78 is 0. The average molecular weight is 727 g/mol. The van der Waals surface area contributed by atoms with Crippen LogP contribution in [0.3, 0.4) is 0 Å². The van der Waals surface area contributed by atoms with Crippen LogP contribution in [-0.2, 0) is 0 Å². The van der Waals surface area contributed by atoms with Crippen LogP contribution >= 0.6 is 0 Å². The molecule has 0 radical (unpaired) electrons. The van der Waals surface area contributed by atoms with Gasteiger partial charge < -0.3 is 29.4 Å². The zero-order chi connectivity index (χ0) is 35.8. The number of nitrogens with zero attached hydrogens (tertiary/aromatic N) is 6. The molecule has 6 aliphatic heterocycles. The minimum Gasteiger partial charge on any atom is -0.370 e. The molecule has 0 bridgehead atoms. The number of benzene rings is 4. The lowest BCUT2D eigenvalue weighted by molar-refractivity contribution is 0.565. The van der Waals surface area contributed by atoms with Crippen molar-refractivity contribution in [2.45, 2.75) is 116 Å². The maximum atomic E-state index is 2.77. The van der Waals surface area contributed by atoms with Gasteiger partial charge in [0.1, 0.15) is 0 Å². The molecule has 0 spiro atoms. The molecular formula is C48H66N6. The van der Waals surface area contributed by atoms with Crippen molar-refractivity contribution in [3.8, 4) is 0 Å². The molecule has 6 heteroatoms. The van der Waals surface area contributed by atoms with Crippen molar-refractivity contribution in [2.24, 2.45) is 0 Å². The van der Waals surface area contributed by atoms with E-state index < -0.39 is 0 Å². The highest BCUT2D eigenvalue weighted by Crippen LogP contribution is 2.49. The molecule has 6 nitrogen and oxygen atoms in total. The summed E-state index contributed by atoms with van der Waals surface area (Å²) in [6, 6.07) is 16.2. The van der Waals surface area contributed by atoms with Crippen molar-refractivity contribution in [1.82, 2.24) is 0 Å². The Kier molecular flexibility index (Phi) is 10.0. The molecule has 0 saturated carbocycles. The van der Waals surface area contributed by atoms with Gasteiger partial charge in [0.25, 0.3) is 0 Å². The van der Waals surface area contributed by atoms with Gasteiger partial charge in [-0.2, -0.15) is 0 Å². The fraction of sp³-hybridized carbons (Fsp3) is 0.625. The van der Waals surface area contributed by atoms with Gasteiger partial charge in [-0.15, -0.1) is 0 Å². The Morgan fingerprint density at radius 2 is 0.315 bits per heavy atom. The molecule has 54 heavy (non-hydrogen) atoms. The monoisotopic (exact) mass is 727 g/mol. The van der Waals surface area contributed by atoms with E-state index in [-0.39, 0.29) is 0 Å². The van der Waals surface area contributed by atoms with E-state index in [0.29, 0.717) is 0 Å². The van der Waals surface area contributed by atoms with Gasteiger partial charge in [-0.25, -0.2) is 0 Å². The van der Waals surface area contributed by atoms with Gasteiger partial charge >= 0.3 is 0 Å². The molecule has 0 atom stereocenters. The van der Waals surface area contributed by atoms with Crippen LogP contribution in [0, 0.1) is 0 Å². The molecule has 0 aromatic heterocycles. The van der Waals surface area contributed by atoms with Gasteiger partial charge in [0.2, 0.25) is 0 Å². The second-order valence-electron chi connectivity index (χ2n) is 17.9. The molecule has 0 amide bonds. The minimum absolute atomic E-state index is 1.19. The Balaban J connectivity index is 1.29. The lowest BCUT2D eigenvalue weighted by atomic mass is 9.90. The molecular weight excluding hydrogens is 661 g/mol. The Bertz CT molecular complexity index is 1540. The van der Waals surface area contributed by atoms with Crippen LogP contribution in [0.1, 0.15) is 116 Å². The van der Waals surface area contributed by atoms with Crippen molar-refractivity contribution in [1.29, 1.82) is 0 Å². The maximum absolute atomic E-state index is 2.77. The average Bonchev–Trinajstić information content (AvgIpc) is 3.27. The van der Waals surface area contributed by atoms with Crippen LogP contribution in [-0.4, -0.2) is 78.5 Å². The molecule has 0 unspecified atom stereocenters. The highest BCUT2D eigenvalue weighted by Gasteiger charge is 2.28. The molecule has 6 aliphatic rings. The van der Waals surface area contributed by atoms with E-state index in [4.69, 9.17) is 0 Å². The third-order valence-corrected chi connectivity index (χ3v) is 14.4. The molecule has 6 heterocycles. The van der Waals surface area contributed by atoms with Crippen molar-refractivity contribution >= 4 is 66.4 Å². The van der Waals surface area contributed by atoms with Crippen LogP contribution in [0.2, 0.25) is 0 Å². The molecule has 4 aromatic rings. The number of anilines is 6. The highest BCUT2D eigenvalue weighted by atomic mass is 15.2. The quantitative estimate of drug-likeness (QED) is 0.183. The fourth-order valence-electron chi connectivity index (χ4n) is 11.4. The lowest BCUT2D eigenvalue weighted by Gasteiger charge is -2.38. The second kappa shape index (κ2) is 15.5. The first-order valence-electron chi connectivity index (χ1n) is 22.9. The summed E-state index contributed by atoms with van der Waals surface area (Å²) in [5.74, 6) is 0. The van der Waals surface area contributed by atoms with Crippen LogP contribution in [0.4, 0.5) is 34.1 Å². The number of piperidine rings is 6. The van der Waals surface area contributed by atoms with Gasteiger partial charge in [-0.05, 0) is 184 Å². The zero-order valence-electron chi connectivity index (χ0n) is 33.4. The predicted octanol–water partition coefficient (Wildman–Crippen LogP) is 11.1. The summed E-state index contributed by atoms with van der Waals surface area (Å²) in [5, 5.41) is 8.90. The third kappa shape index (κ3) is 6.61. The van der Waals surface area contributed by atoms with Gasteiger partial charge in [-0.3, -0.25) is 0 Å². The SMILES string of the molecule is c1c(N2CCCCC2)c(N2CCCCC2)cc2c1c1cc(N3CCCCC3)c(N3CCCCC3)cc1c1cc(N3CCCCC3)c(N3CCCCC3)cc21. The maximum Gasteiger partial charge on any atom is 0.0610 e. The van der Waals surface area contributed by atoms with E-state index in [2.05, 4.69) is 65.8 Å². The number of hydrogen-bond donors (Lipinski definition) is 0. The molecule has 6 fully saturated rings. The van der Waals surface area contributed by atoms with Gasteiger partial charge in [0.15, 0.2) is 0 Å². The number of fused-ring (bicyclic) bond motifs is 6. The first kappa shape index (κ1) is 34.9. The first-order valence-corrected chi connectivity index (χ1v) is 22.9. The molecule has 0 N–H and O–H groups in total. The Labute approximate surface area is 325 Å². The lowest BCUT2D eigenvalue weighted by Crippen LogP contribution is -2.35.